The van der Waals surface area contributed by atoms with Crippen LogP contribution in [0.1, 0.15) is 11.4 Å². The molecule has 96 valence electrons. The number of aromatic nitrogens is 6. The summed E-state index contributed by atoms with van der Waals surface area (Å²) < 4.78 is 3.29. The highest BCUT2D eigenvalue weighted by atomic mass is 15.4. The van der Waals surface area contributed by atoms with E-state index in [2.05, 4.69) is 20.2 Å². The minimum Gasteiger partial charge on any atom is -0.382 e. The number of anilines is 1. The smallest absolute Gasteiger partial charge is 0.252 e. The molecule has 2 N–H and O–H groups in total. The van der Waals surface area contributed by atoms with E-state index in [0.29, 0.717) is 17.5 Å². The lowest BCUT2D eigenvalue weighted by atomic mass is 10.4. The molecule has 3 aromatic rings. The van der Waals surface area contributed by atoms with Gasteiger partial charge in [-0.25, -0.2) is 14.3 Å². The molecular formula is C12H13N7. The number of hydrogen-bond donors (Lipinski definition) is 1. The molecule has 3 rings (SSSR count). The Bertz CT molecular complexity index is 712. The topological polar surface area (TPSA) is 87.4 Å². The average Bonchev–Trinajstić information content (AvgIpc) is 2.99. The first-order valence-corrected chi connectivity index (χ1v) is 5.81. The minimum atomic E-state index is 0.367. The second-order valence-corrected chi connectivity index (χ2v) is 4.23. The Morgan fingerprint density at radius 3 is 2.68 bits per heavy atom. The molecule has 7 nitrogen and oxygen atoms in total. The van der Waals surface area contributed by atoms with Crippen LogP contribution in [-0.2, 0) is 0 Å². The maximum atomic E-state index is 5.98. The Labute approximate surface area is 109 Å². The third kappa shape index (κ3) is 1.95. The van der Waals surface area contributed by atoms with Crippen LogP contribution in [-0.4, -0.2) is 29.5 Å². The van der Waals surface area contributed by atoms with Gasteiger partial charge >= 0.3 is 0 Å². The molecule has 3 aromatic heterocycles. The lowest BCUT2D eigenvalue weighted by Gasteiger charge is -2.08. The van der Waals surface area contributed by atoms with Crippen molar-refractivity contribution in [3.05, 3.63) is 42.1 Å². The first-order chi connectivity index (χ1) is 9.15. The minimum absolute atomic E-state index is 0.367. The highest BCUT2D eigenvalue weighted by Gasteiger charge is 2.10. The van der Waals surface area contributed by atoms with Gasteiger partial charge in [-0.2, -0.15) is 15.2 Å². The predicted octanol–water partition coefficient (Wildman–Crippen LogP) is 1.05. The van der Waals surface area contributed by atoms with Gasteiger partial charge in [0.25, 0.3) is 5.95 Å². The van der Waals surface area contributed by atoms with Crippen molar-refractivity contribution >= 4 is 5.82 Å². The fourth-order valence-corrected chi connectivity index (χ4v) is 1.91. The first-order valence-electron chi connectivity index (χ1n) is 5.81. The SMILES string of the molecule is Cc1cc(C)n(-c2cnc(-n3cccn3)nc2N)n1. The fourth-order valence-electron chi connectivity index (χ4n) is 1.91. The molecule has 0 amide bonds. The summed E-state index contributed by atoms with van der Waals surface area (Å²) in [5, 5.41) is 8.43. The zero-order chi connectivity index (χ0) is 13.4. The van der Waals surface area contributed by atoms with Crippen LogP contribution in [0.4, 0.5) is 5.82 Å². The van der Waals surface area contributed by atoms with E-state index in [1.807, 2.05) is 19.9 Å². The Hall–Kier alpha value is -2.70. The van der Waals surface area contributed by atoms with Crippen molar-refractivity contribution in [2.45, 2.75) is 13.8 Å². The van der Waals surface area contributed by atoms with E-state index in [0.717, 1.165) is 11.4 Å². The monoisotopic (exact) mass is 255 g/mol. The molecule has 7 heteroatoms. The maximum Gasteiger partial charge on any atom is 0.252 e. The third-order valence-corrected chi connectivity index (χ3v) is 2.73. The highest BCUT2D eigenvalue weighted by molar-refractivity contribution is 5.52. The van der Waals surface area contributed by atoms with Gasteiger partial charge in [-0.05, 0) is 26.0 Å². The number of nitrogen functional groups attached to an aromatic ring is 1. The van der Waals surface area contributed by atoms with E-state index in [-0.39, 0.29) is 0 Å². The van der Waals surface area contributed by atoms with E-state index in [1.165, 1.54) is 0 Å². The third-order valence-electron chi connectivity index (χ3n) is 2.73. The molecule has 0 saturated carbocycles. The summed E-state index contributed by atoms with van der Waals surface area (Å²) in [5.41, 5.74) is 8.56. The molecule has 0 fully saturated rings. The largest absolute Gasteiger partial charge is 0.382 e. The standard InChI is InChI=1S/C12H13N7/c1-8-6-9(2)19(17-8)10-7-14-12(16-11(10)13)18-5-3-4-15-18/h3-7H,1-2H3,(H2,13,14,16). The summed E-state index contributed by atoms with van der Waals surface area (Å²) in [7, 11) is 0. The molecule has 0 aliphatic carbocycles. The zero-order valence-corrected chi connectivity index (χ0v) is 10.6. The van der Waals surface area contributed by atoms with Crippen molar-refractivity contribution in [1.29, 1.82) is 0 Å². The Balaban J connectivity index is 2.08. The molecule has 0 radical (unpaired) electrons. The Kier molecular flexibility index (Phi) is 2.52. The van der Waals surface area contributed by atoms with Gasteiger partial charge in [-0.3, -0.25) is 0 Å². The molecule has 0 atom stereocenters. The van der Waals surface area contributed by atoms with E-state index in [4.69, 9.17) is 5.73 Å². The summed E-state index contributed by atoms with van der Waals surface area (Å²) in [5.74, 6) is 0.805. The van der Waals surface area contributed by atoms with Crippen molar-refractivity contribution < 1.29 is 0 Å². The maximum absolute atomic E-state index is 5.98. The van der Waals surface area contributed by atoms with Gasteiger partial charge < -0.3 is 5.73 Å². The van der Waals surface area contributed by atoms with E-state index in [9.17, 15) is 0 Å². The van der Waals surface area contributed by atoms with E-state index >= 15 is 0 Å². The average molecular weight is 255 g/mol. The number of hydrogen-bond acceptors (Lipinski definition) is 5. The highest BCUT2D eigenvalue weighted by Crippen LogP contribution is 2.17. The lowest BCUT2D eigenvalue weighted by molar-refractivity contribution is 0.786. The number of aryl methyl sites for hydroxylation is 2. The molecule has 0 spiro atoms. The molecule has 0 saturated heterocycles. The summed E-state index contributed by atoms with van der Waals surface area (Å²) in [6.07, 6.45) is 5.07. The van der Waals surface area contributed by atoms with Crippen LogP contribution in [0.2, 0.25) is 0 Å². The van der Waals surface area contributed by atoms with Crippen molar-refractivity contribution in [2.75, 3.05) is 5.73 Å². The fraction of sp³-hybridized carbons (Fsp3) is 0.167. The zero-order valence-electron chi connectivity index (χ0n) is 10.6. The van der Waals surface area contributed by atoms with Crippen LogP contribution in [0, 0.1) is 13.8 Å². The second-order valence-electron chi connectivity index (χ2n) is 4.23. The van der Waals surface area contributed by atoms with Crippen LogP contribution in [0.15, 0.2) is 30.7 Å². The van der Waals surface area contributed by atoms with Crippen molar-refractivity contribution in [2.24, 2.45) is 0 Å². The molecule has 0 unspecified atom stereocenters. The quantitative estimate of drug-likeness (QED) is 0.739. The van der Waals surface area contributed by atoms with Crippen molar-refractivity contribution in [3.63, 3.8) is 0 Å². The predicted molar refractivity (Wildman–Crippen MR) is 70.2 cm³/mol. The molecule has 0 aliphatic heterocycles. The lowest BCUT2D eigenvalue weighted by Crippen LogP contribution is -2.10. The van der Waals surface area contributed by atoms with Gasteiger partial charge in [0.1, 0.15) is 5.69 Å². The van der Waals surface area contributed by atoms with E-state index < -0.39 is 0 Å². The van der Waals surface area contributed by atoms with Gasteiger partial charge in [0.05, 0.1) is 11.9 Å². The van der Waals surface area contributed by atoms with Crippen LogP contribution in [0.5, 0.6) is 0 Å². The molecule has 0 aliphatic rings. The van der Waals surface area contributed by atoms with Gasteiger partial charge in [-0.1, -0.05) is 0 Å². The van der Waals surface area contributed by atoms with Crippen LogP contribution in [0.3, 0.4) is 0 Å². The van der Waals surface area contributed by atoms with Gasteiger partial charge in [-0.15, -0.1) is 0 Å². The first kappa shape index (κ1) is 11.4. The van der Waals surface area contributed by atoms with Gasteiger partial charge in [0, 0.05) is 18.1 Å². The van der Waals surface area contributed by atoms with Gasteiger partial charge in [0.15, 0.2) is 5.82 Å². The molecule has 0 bridgehead atoms. The summed E-state index contributed by atoms with van der Waals surface area (Å²) in [6, 6.07) is 3.77. The second kappa shape index (κ2) is 4.20. The molecule has 19 heavy (non-hydrogen) atoms. The van der Waals surface area contributed by atoms with E-state index in [1.54, 1.807) is 34.0 Å². The molecule has 0 aromatic carbocycles. The van der Waals surface area contributed by atoms with Crippen molar-refractivity contribution in [3.8, 4) is 11.6 Å². The summed E-state index contributed by atoms with van der Waals surface area (Å²) in [4.78, 5) is 8.51. The Morgan fingerprint density at radius 2 is 2.11 bits per heavy atom. The number of nitrogens with two attached hydrogens (primary N) is 1. The number of nitrogens with zero attached hydrogens (tertiary/aromatic N) is 6. The summed E-state index contributed by atoms with van der Waals surface area (Å²) in [6.45, 7) is 3.89. The Morgan fingerprint density at radius 1 is 1.26 bits per heavy atom. The normalized spacial score (nSPS) is 10.8. The van der Waals surface area contributed by atoms with Crippen LogP contribution >= 0.6 is 0 Å². The van der Waals surface area contributed by atoms with Gasteiger partial charge in [0.2, 0.25) is 0 Å². The van der Waals surface area contributed by atoms with Crippen molar-refractivity contribution in [1.82, 2.24) is 29.5 Å². The number of rotatable bonds is 2. The molecular weight excluding hydrogens is 242 g/mol. The van der Waals surface area contributed by atoms with Crippen LogP contribution in [0.25, 0.3) is 11.6 Å². The summed E-state index contributed by atoms with van der Waals surface area (Å²) >= 11 is 0. The van der Waals surface area contributed by atoms with Crippen LogP contribution < -0.4 is 5.73 Å². The molecule has 3 heterocycles.